The number of allylic oxidation sites excluding steroid dienone is 1. The van der Waals surface area contributed by atoms with Crippen molar-refractivity contribution in [3.8, 4) is 11.5 Å². The molecule has 0 bridgehead atoms. The van der Waals surface area contributed by atoms with E-state index in [0.717, 1.165) is 0 Å². The second kappa shape index (κ2) is 7.98. The lowest BCUT2D eigenvalue weighted by Crippen LogP contribution is -2.05. The van der Waals surface area contributed by atoms with Crippen molar-refractivity contribution in [3.05, 3.63) is 84.0 Å². The van der Waals surface area contributed by atoms with Gasteiger partial charge in [0.25, 0.3) is 0 Å². The van der Waals surface area contributed by atoms with E-state index in [1.165, 1.54) is 14.2 Å². The van der Waals surface area contributed by atoms with Crippen LogP contribution in [0, 0.1) is 0 Å². The number of carbonyl (C=O) groups is 1. The van der Waals surface area contributed by atoms with Crippen molar-refractivity contribution in [2.24, 2.45) is 0 Å². The Bertz CT molecular complexity index is 1140. The monoisotopic (exact) mass is 386 g/mol. The summed E-state index contributed by atoms with van der Waals surface area (Å²) in [5, 5.41) is 0. The van der Waals surface area contributed by atoms with Gasteiger partial charge in [-0.3, -0.25) is 9.78 Å². The number of rotatable bonds is 6. The van der Waals surface area contributed by atoms with Crippen LogP contribution in [0.2, 0.25) is 0 Å². The van der Waals surface area contributed by atoms with Gasteiger partial charge in [-0.15, -0.1) is 0 Å². The molecule has 29 heavy (non-hydrogen) atoms. The predicted molar refractivity (Wildman–Crippen MR) is 110 cm³/mol. The number of oxazole rings is 1. The van der Waals surface area contributed by atoms with Crippen molar-refractivity contribution >= 4 is 28.5 Å². The van der Waals surface area contributed by atoms with Gasteiger partial charge in [0, 0.05) is 17.8 Å². The number of hydrogen-bond donors (Lipinski definition) is 0. The predicted octanol–water partition coefficient (Wildman–Crippen LogP) is 4.66. The first kappa shape index (κ1) is 18.4. The molecule has 2 heterocycles. The third-order valence-corrected chi connectivity index (χ3v) is 4.36. The maximum Gasteiger partial charge on any atom is 0.231 e. The van der Waals surface area contributed by atoms with Gasteiger partial charge in [-0.1, -0.05) is 18.2 Å². The molecule has 0 N–H and O–H groups in total. The third-order valence-electron chi connectivity index (χ3n) is 4.36. The highest BCUT2D eigenvalue weighted by atomic mass is 16.5. The largest absolute Gasteiger partial charge is 0.497 e. The second-order valence-corrected chi connectivity index (χ2v) is 6.23. The Balaban J connectivity index is 1.86. The molecule has 0 fully saturated rings. The van der Waals surface area contributed by atoms with Crippen LogP contribution in [-0.4, -0.2) is 30.0 Å². The highest BCUT2D eigenvalue weighted by Crippen LogP contribution is 2.29. The van der Waals surface area contributed by atoms with Crippen LogP contribution in [0.1, 0.15) is 21.9 Å². The summed E-state index contributed by atoms with van der Waals surface area (Å²) >= 11 is 0. The van der Waals surface area contributed by atoms with Gasteiger partial charge in [0.15, 0.2) is 11.4 Å². The first-order valence-corrected chi connectivity index (χ1v) is 8.94. The van der Waals surface area contributed by atoms with Crippen LogP contribution in [0.5, 0.6) is 11.5 Å². The lowest BCUT2D eigenvalue weighted by molar-refractivity contribution is 0.105. The number of para-hydroxylation sites is 2. The van der Waals surface area contributed by atoms with E-state index in [2.05, 4.69) is 9.97 Å². The number of aromatic nitrogens is 2. The minimum absolute atomic E-state index is 0.226. The molecule has 0 atom stereocenters. The number of nitrogens with zero attached hydrogens (tertiary/aromatic N) is 2. The summed E-state index contributed by atoms with van der Waals surface area (Å²) in [6, 6.07) is 17.8. The Labute approximate surface area is 167 Å². The molecule has 4 rings (SSSR count). The topological polar surface area (TPSA) is 74.5 Å². The molecule has 0 aliphatic carbocycles. The van der Waals surface area contributed by atoms with Gasteiger partial charge >= 0.3 is 0 Å². The molecule has 144 valence electrons. The maximum atomic E-state index is 13.5. The number of carbonyl (C=O) groups excluding carboxylic acids is 1. The zero-order valence-electron chi connectivity index (χ0n) is 16.0. The molecule has 0 radical (unpaired) electrons. The molecule has 4 aromatic rings. The standard InChI is InChI=1S/C23H18N2O4/c1-27-17-11-15(12-18(14-17)28-2)22(26)19(13-16-7-5-6-10-24-16)23-25-20-8-3-4-9-21(20)29-23/h3-14H,1-2H3/b19-13+. The normalized spacial score (nSPS) is 11.4. The lowest BCUT2D eigenvalue weighted by atomic mass is 10.0. The number of Topliss-reactive ketones (excluding diaryl/α,β-unsaturated/α-hetero) is 1. The minimum Gasteiger partial charge on any atom is -0.497 e. The van der Waals surface area contributed by atoms with E-state index in [1.54, 1.807) is 30.5 Å². The van der Waals surface area contributed by atoms with Crippen LogP contribution in [-0.2, 0) is 0 Å². The smallest absolute Gasteiger partial charge is 0.231 e. The summed E-state index contributed by atoms with van der Waals surface area (Å²) in [4.78, 5) is 22.2. The summed E-state index contributed by atoms with van der Waals surface area (Å²) in [6.07, 6.45) is 3.33. The number of ketones is 1. The van der Waals surface area contributed by atoms with Crippen LogP contribution in [0.25, 0.3) is 22.7 Å². The van der Waals surface area contributed by atoms with Crippen molar-refractivity contribution in [1.29, 1.82) is 0 Å². The Kier molecular flexibility index (Phi) is 5.07. The number of pyridine rings is 1. The fourth-order valence-corrected chi connectivity index (χ4v) is 2.92. The summed E-state index contributed by atoms with van der Waals surface area (Å²) < 4.78 is 16.5. The summed E-state index contributed by atoms with van der Waals surface area (Å²) in [5.41, 5.74) is 2.57. The molecule has 0 aliphatic rings. The van der Waals surface area contributed by atoms with Crippen LogP contribution >= 0.6 is 0 Å². The van der Waals surface area contributed by atoms with Crippen LogP contribution in [0.15, 0.2) is 71.3 Å². The Hall–Kier alpha value is -3.93. The summed E-state index contributed by atoms with van der Waals surface area (Å²) in [5.74, 6) is 0.980. The second-order valence-electron chi connectivity index (χ2n) is 6.23. The SMILES string of the molecule is COc1cc(OC)cc(C(=O)/C(=C\c2ccccn2)c2nc3ccccc3o2)c1. The number of ether oxygens (including phenoxy) is 2. The van der Waals surface area contributed by atoms with E-state index >= 15 is 0 Å². The molecule has 2 aromatic carbocycles. The molecule has 0 aliphatic heterocycles. The van der Waals surface area contributed by atoms with Gasteiger partial charge in [-0.25, -0.2) is 4.98 Å². The van der Waals surface area contributed by atoms with E-state index in [0.29, 0.717) is 33.9 Å². The number of fused-ring (bicyclic) bond motifs is 1. The molecular weight excluding hydrogens is 368 g/mol. The zero-order chi connectivity index (χ0) is 20.2. The van der Waals surface area contributed by atoms with Gasteiger partial charge in [-0.2, -0.15) is 0 Å². The number of methoxy groups -OCH3 is 2. The summed E-state index contributed by atoms with van der Waals surface area (Å²) in [7, 11) is 3.07. The molecule has 0 saturated carbocycles. The number of hydrogen-bond acceptors (Lipinski definition) is 6. The van der Waals surface area contributed by atoms with E-state index in [4.69, 9.17) is 13.9 Å². The zero-order valence-corrected chi connectivity index (χ0v) is 16.0. The first-order chi connectivity index (χ1) is 14.2. The molecule has 6 heteroatoms. The Morgan fingerprint density at radius 1 is 0.966 bits per heavy atom. The maximum absolute atomic E-state index is 13.5. The third kappa shape index (κ3) is 3.87. The lowest BCUT2D eigenvalue weighted by Gasteiger charge is -2.09. The van der Waals surface area contributed by atoms with Crippen molar-refractivity contribution in [2.75, 3.05) is 14.2 Å². The highest BCUT2D eigenvalue weighted by molar-refractivity contribution is 6.31. The first-order valence-electron chi connectivity index (χ1n) is 8.94. The van der Waals surface area contributed by atoms with E-state index in [1.807, 2.05) is 42.5 Å². The molecular formula is C23H18N2O4. The van der Waals surface area contributed by atoms with Crippen molar-refractivity contribution in [2.45, 2.75) is 0 Å². The van der Waals surface area contributed by atoms with Crippen LogP contribution < -0.4 is 9.47 Å². The summed E-state index contributed by atoms with van der Waals surface area (Å²) in [6.45, 7) is 0. The Morgan fingerprint density at radius 2 is 1.69 bits per heavy atom. The van der Waals surface area contributed by atoms with Gasteiger partial charge in [0.2, 0.25) is 5.89 Å². The minimum atomic E-state index is -0.278. The van der Waals surface area contributed by atoms with Crippen molar-refractivity contribution in [1.82, 2.24) is 9.97 Å². The average molecular weight is 386 g/mol. The van der Waals surface area contributed by atoms with Crippen molar-refractivity contribution in [3.63, 3.8) is 0 Å². The molecule has 0 saturated heterocycles. The van der Waals surface area contributed by atoms with E-state index in [9.17, 15) is 4.79 Å². The molecule has 6 nitrogen and oxygen atoms in total. The van der Waals surface area contributed by atoms with E-state index < -0.39 is 0 Å². The highest BCUT2D eigenvalue weighted by Gasteiger charge is 2.22. The molecule has 0 amide bonds. The van der Waals surface area contributed by atoms with Crippen LogP contribution in [0.3, 0.4) is 0 Å². The fourth-order valence-electron chi connectivity index (χ4n) is 2.92. The van der Waals surface area contributed by atoms with Gasteiger partial charge in [0.1, 0.15) is 17.0 Å². The van der Waals surface area contributed by atoms with Crippen LogP contribution in [0.4, 0.5) is 0 Å². The molecule has 0 unspecified atom stereocenters. The number of benzene rings is 2. The van der Waals surface area contributed by atoms with Gasteiger partial charge < -0.3 is 13.9 Å². The quantitative estimate of drug-likeness (QED) is 0.354. The fraction of sp³-hybridized carbons (Fsp3) is 0.0870. The molecule has 2 aromatic heterocycles. The van der Waals surface area contributed by atoms with E-state index in [-0.39, 0.29) is 17.2 Å². The molecule has 0 spiro atoms. The van der Waals surface area contributed by atoms with Gasteiger partial charge in [-0.05, 0) is 42.5 Å². The van der Waals surface area contributed by atoms with Crippen molar-refractivity contribution < 1.29 is 18.7 Å². The van der Waals surface area contributed by atoms with Gasteiger partial charge in [0.05, 0.1) is 25.5 Å². The Morgan fingerprint density at radius 3 is 2.34 bits per heavy atom. The average Bonchev–Trinajstić information content (AvgIpc) is 3.21.